The highest BCUT2D eigenvalue weighted by atomic mass is 16.5. The van der Waals surface area contributed by atoms with Crippen molar-refractivity contribution in [2.24, 2.45) is 0 Å². The van der Waals surface area contributed by atoms with Crippen LogP contribution >= 0.6 is 0 Å². The molecule has 0 saturated heterocycles. The Morgan fingerprint density at radius 3 is 2.50 bits per heavy atom. The predicted octanol–water partition coefficient (Wildman–Crippen LogP) is 1.40. The number of amides is 1. The molecule has 112 valence electrons. The maximum absolute atomic E-state index is 10.8. The standard InChI is InChI=1S/C15H23NO4/c1-3-4-9-20-13-7-5-12(6-8-13)15(19)14(18)10-16-11(2)17/h5-8,14-15,18-19H,3-4,9-10H2,1-2H3,(H,16,17). The topological polar surface area (TPSA) is 78.8 Å². The van der Waals surface area contributed by atoms with Crippen molar-refractivity contribution in [1.82, 2.24) is 5.32 Å². The zero-order chi connectivity index (χ0) is 15.0. The highest BCUT2D eigenvalue weighted by Gasteiger charge is 2.18. The summed E-state index contributed by atoms with van der Waals surface area (Å²) in [4.78, 5) is 10.8. The van der Waals surface area contributed by atoms with E-state index in [4.69, 9.17) is 4.74 Å². The molecule has 0 fully saturated rings. The van der Waals surface area contributed by atoms with Gasteiger partial charge in [-0.3, -0.25) is 4.79 Å². The first kappa shape index (κ1) is 16.5. The highest BCUT2D eigenvalue weighted by Crippen LogP contribution is 2.20. The summed E-state index contributed by atoms with van der Waals surface area (Å²) in [6.07, 6.45) is 0.00340. The molecular weight excluding hydrogens is 258 g/mol. The van der Waals surface area contributed by atoms with Crippen LogP contribution in [-0.4, -0.2) is 35.4 Å². The quantitative estimate of drug-likeness (QED) is 0.629. The maximum atomic E-state index is 10.8. The normalized spacial score (nSPS) is 13.6. The molecule has 5 nitrogen and oxygen atoms in total. The van der Waals surface area contributed by atoms with E-state index < -0.39 is 12.2 Å². The van der Waals surface area contributed by atoms with Gasteiger partial charge in [0.15, 0.2) is 0 Å². The fourth-order valence-corrected chi connectivity index (χ4v) is 1.68. The van der Waals surface area contributed by atoms with Gasteiger partial charge in [-0.2, -0.15) is 0 Å². The van der Waals surface area contributed by atoms with Gasteiger partial charge in [0.25, 0.3) is 0 Å². The molecule has 0 spiro atoms. The number of aliphatic hydroxyl groups is 2. The Morgan fingerprint density at radius 2 is 1.95 bits per heavy atom. The Hall–Kier alpha value is -1.59. The van der Waals surface area contributed by atoms with Crippen LogP contribution in [0.5, 0.6) is 5.75 Å². The summed E-state index contributed by atoms with van der Waals surface area (Å²) in [7, 11) is 0. The summed E-state index contributed by atoms with van der Waals surface area (Å²) in [6.45, 7) is 4.15. The second kappa shape index (κ2) is 8.55. The van der Waals surface area contributed by atoms with Gasteiger partial charge >= 0.3 is 0 Å². The van der Waals surface area contributed by atoms with E-state index in [0.717, 1.165) is 18.6 Å². The van der Waals surface area contributed by atoms with E-state index in [-0.39, 0.29) is 12.5 Å². The number of rotatable bonds is 8. The number of hydrogen-bond acceptors (Lipinski definition) is 4. The SMILES string of the molecule is CCCCOc1ccc(C(O)C(O)CNC(C)=O)cc1. The van der Waals surface area contributed by atoms with E-state index >= 15 is 0 Å². The van der Waals surface area contributed by atoms with E-state index in [9.17, 15) is 15.0 Å². The average molecular weight is 281 g/mol. The lowest BCUT2D eigenvalue weighted by molar-refractivity contribution is -0.119. The molecule has 5 heteroatoms. The molecule has 1 rings (SSSR count). The largest absolute Gasteiger partial charge is 0.494 e. The van der Waals surface area contributed by atoms with Gasteiger partial charge in [-0.15, -0.1) is 0 Å². The second-order valence-corrected chi connectivity index (χ2v) is 4.72. The molecule has 1 aromatic rings. The number of carbonyl (C=O) groups excluding carboxylic acids is 1. The first-order valence-corrected chi connectivity index (χ1v) is 6.88. The monoisotopic (exact) mass is 281 g/mol. The van der Waals surface area contributed by atoms with E-state index in [1.807, 2.05) is 0 Å². The minimum absolute atomic E-state index is 0.0191. The molecule has 0 bridgehead atoms. The van der Waals surface area contributed by atoms with Crippen molar-refractivity contribution in [3.63, 3.8) is 0 Å². The molecule has 20 heavy (non-hydrogen) atoms. The van der Waals surface area contributed by atoms with Crippen molar-refractivity contribution in [3.05, 3.63) is 29.8 Å². The predicted molar refractivity (Wildman–Crippen MR) is 76.5 cm³/mol. The van der Waals surface area contributed by atoms with E-state index in [0.29, 0.717) is 12.2 Å². The molecule has 1 amide bonds. The summed E-state index contributed by atoms with van der Waals surface area (Å²) in [5.74, 6) is 0.502. The van der Waals surface area contributed by atoms with Crippen molar-refractivity contribution < 1.29 is 19.7 Å². The maximum Gasteiger partial charge on any atom is 0.216 e. The molecule has 0 aliphatic carbocycles. The smallest absolute Gasteiger partial charge is 0.216 e. The van der Waals surface area contributed by atoms with E-state index in [2.05, 4.69) is 12.2 Å². The molecule has 0 aromatic heterocycles. The molecule has 0 radical (unpaired) electrons. The molecule has 3 N–H and O–H groups in total. The van der Waals surface area contributed by atoms with Crippen LogP contribution in [0.3, 0.4) is 0 Å². The third-order valence-corrected chi connectivity index (χ3v) is 2.91. The zero-order valence-electron chi connectivity index (χ0n) is 12.0. The number of hydrogen-bond donors (Lipinski definition) is 3. The summed E-state index contributed by atoms with van der Waals surface area (Å²) in [6, 6.07) is 6.95. The van der Waals surface area contributed by atoms with Crippen LogP contribution in [0, 0.1) is 0 Å². The number of nitrogens with one attached hydrogen (secondary N) is 1. The van der Waals surface area contributed by atoms with Crippen molar-refractivity contribution >= 4 is 5.91 Å². The molecule has 0 aliphatic rings. The van der Waals surface area contributed by atoms with Gasteiger partial charge in [0.1, 0.15) is 18.0 Å². The number of aliphatic hydroxyl groups excluding tert-OH is 2. The Balaban J connectivity index is 2.51. The van der Waals surface area contributed by atoms with E-state index in [1.54, 1.807) is 24.3 Å². The fraction of sp³-hybridized carbons (Fsp3) is 0.533. The average Bonchev–Trinajstić information content (AvgIpc) is 2.45. The van der Waals surface area contributed by atoms with Gasteiger partial charge < -0.3 is 20.3 Å². The highest BCUT2D eigenvalue weighted by molar-refractivity contribution is 5.72. The number of unbranched alkanes of at least 4 members (excludes halogenated alkanes) is 1. The lowest BCUT2D eigenvalue weighted by Crippen LogP contribution is -2.34. The lowest BCUT2D eigenvalue weighted by atomic mass is 10.0. The van der Waals surface area contributed by atoms with Crippen LogP contribution in [-0.2, 0) is 4.79 Å². The zero-order valence-corrected chi connectivity index (χ0v) is 12.0. The van der Waals surface area contributed by atoms with Crippen molar-refractivity contribution in [1.29, 1.82) is 0 Å². The first-order valence-electron chi connectivity index (χ1n) is 6.88. The van der Waals surface area contributed by atoms with Crippen molar-refractivity contribution in [2.75, 3.05) is 13.2 Å². The van der Waals surface area contributed by atoms with Crippen molar-refractivity contribution in [3.8, 4) is 5.75 Å². The van der Waals surface area contributed by atoms with Gasteiger partial charge in [0.2, 0.25) is 5.91 Å². The number of ether oxygens (including phenoxy) is 1. The lowest BCUT2D eigenvalue weighted by Gasteiger charge is -2.18. The minimum atomic E-state index is -1.04. The van der Waals surface area contributed by atoms with Gasteiger partial charge in [0.05, 0.1) is 6.61 Å². The molecular formula is C15H23NO4. The summed E-state index contributed by atoms with van der Waals surface area (Å²) in [5.41, 5.74) is 0.589. The van der Waals surface area contributed by atoms with Gasteiger partial charge in [0, 0.05) is 13.5 Å². The molecule has 1 aromatic carbocycles. The molecule has 0 heterocycles. The Kier molecular flexibility index (Phi) is 7.04. The van der Waals surface area contributed by atoms with Crippen LogP contribution < -0.4 is 10.1 Å². The van der Waals surface area contributed by atoms with Gasteiger partial charge in [-0.05, 0) is 24.1 Å². The summed E-state index contributed by atoms with van der Waals surface area (Å²) >= 11 is 0. The van der Waals surface area contributed by atoms with Crippen molar-refractivity contribution in [2.45, 2.75) is 38.9 Å². The molecule has 2 atom stereocenters. The number of benzene rings is 1. The van der Waals surface area contributed by atoms with Crippen LogP contribution in [0.25, 0.3) is 0 Å². The Labute approximate surface area is 119 Å². The van der Waals surface area contributed by atoms with Gasteiger partial charge in [-0.1, -0.05) is 25.5 Å². The Bertz CT molecular complexity index is 405. The Morgan fingerprint density at radius 1 is 1.30 bits per heavy atom. The molecule has 2 unspecified atom stereocenters. The summed E-state index contributed by atoms with van der Waals surface area (Å²) in [5, 5.41) is 22.2. The van der Waals surface area contributed by atoms with Crippen LogP contribution in [0.15, 0.2) is 24.3 Å². The molecule has 0 aliphatic heterocycles. The third-order valence-electron chi connectivity index (χ3n) is 2.91. The summed E-state index contributed by atoms with van der Waals surface area (Å²) < 4.78 is 5.52. The molecule has 0 saturated carbocycles. The van der Waals surface area contributed by atoms with Crippen LogP contribution in [0.4, 0.5) is 0 Å². The first-order chi connectivity index (χ1) is 9.54. The minimum Gasteiger partial charge on any atom is -0.494 e. The third kappa shape index (κ3) is 5.59. The van der Waals surface area contributed by atoms with Gasteiger partial charge in [-0.25, -0.2) is 0 Å². The van der Waals surface area contributed by atoms with Crippen LogP contribution in [0.2, 0.25) is 0 Å². The second-order valence-electron chi connectivity index (χ2n) is 4.72. The van der Waals surface area contributed by atoms with E-state index in [1.165, 1.54) is 6.92 Å². The number of carbonyl (C=O) groups is 1. The fourth-order valence-electron chi connectivity index (χ4n) is 1.68. The van der Waals surface area contributed by atoms with Crippen LogP contribution in [0.1, 0.15) is 38.4 Å².